The number of hydrogen-bond acceptors (Lipinski definition) is 8. The zero-order valence-corrected chi connectivity index (χ0v) is 19.1. The van der Waals surface area contributed by atoms with E-state index in [0.29, 0.717) is 37.4 Å². The topological polar surface area (TPSA) is 105 Å². The molecule has 0 radical (unpaired) electrons. The van der Waals surface area contributed by atoms with Crippen molar-refractivity contribution in [1.82, 2.24) is 19.9 Å². The second kappa shape index (κ2) is 10.2. The predicted octanol–water partition coefficient (Wildman–Crippen LogP) is 3.23. The summed E-state index contributed by atoms with van der Waals surface area (Å²) in [5.74, 6) is 0.519. The van der Waals surface area contributed by atoms with Gasteiger partial charge in [0.15, 0.2) is 0 Å². The summed E-state index contributed by atoms with van der Waals surface area (Å²) in [5.41, 5.74) is 3.45. The Hall–Kier alpha value is -2.75. The maximum atomic E-state index is 11.9. The highest BCUT2D eigenvalue weighted by atomic mass is 32.2. The normalized spacial score (nSPS) is 16.3. The number of aromatic nitrogens is 4. The minimum atomic E-state index is -1.22. The van der Waals surface area contributed by atoms with Crippen molar-refractivity contribution in [2.75, 3.05) is 37.9 Å². The standard InChI is InChI=1S/C23H27N5O3S/c1-3-31-21-15-24-14-19(27-21)17-4-6-18(7-5-17)26-16-23(9-12-30-13-10-23)20-8-11-25-22(28-20)32(2)29/h4-8,11,14-15,26H,3,9-10,12-13,16H2,1-2H3. The van der Waals surface area contributed by atoms with Crippen LogP contribution in [-0.4, -0.2) is 57.1 Å². The van der Waals surface area contributed by atoms with Crippen LogP contribution in [0.4, 0.5) is 5.69 Å². The molecule has 1 fully saturated rings. The quantitative estimate of drug-likeness (QED) is 0.409. The molecular weight excluding hydrogens is 426 g/mol. The van der Waals surface area contributed by atoms with Gasteiger partial charge in [-0.05, 0) is 38.0 Å². The average molecular weight is 454 g/mol. The van der Waals surface area contributed by atoms with Gasteiger partial charge in [0.25, 0.3) is 0 Å². The highest BCUT2D eigenvalue weighted by molar-refractivity contribution is 7.90. The van der Waals surface area contributed by atoms with Gasteiger partial charge in [0, 0.05) is 53.8 Å². The van der Waals surface area contributed by atoms with E-state index in [1.54, 1.807) is 24.8 Å². The van der Waals surface area contributed by atoms with Crippen LogP contribution in [0.3, 0.4) is 0 Å². The fraction of sp³-hybridized carbons (Fsp3) is 0.391. The lowest BCUT2D eigenvalue weighted by molar-refractivity contribution is 0.0527. The molecule has 1 saturated heterocycles. The van der Waals surface area contributed by atoms with Gasteiger partial charge in [0.1, 0.15) is 6.26 Å². The van der Waals surface area contributed by atoms with E-state index >= 15 is 0 Å². The van der Waals surface area contributed by atoms with Crippen molar-refractivity contribution >= 4 is 16.9 Å². The third kappa shape index (κ3) is 5.17. The first kappa shape index (κ1) is 22.4. The van der Waals surface area contributed by atoms with Gasteiger partial charge < -0.3 is 19.3 Å². The molecule has 3 heterocycles. The Kier molecular flexibility index (Phi) is 7.19. The van der Waals surface area contributed by atoms with E-state index in [9.17, 15) is 4.55 Å². The van der Waals surface area contributed by atoms with Gasteiger partial charge in [-0.2, -0.15) is 9.97 Å². The molecule has 0 amide bonds. The lowest BCUT2D eigenvalue weighted by Gasteiger charge is -2.37. The molecule has 3 aromatic rings. The number of anilines is 1. The van der Waals surface area contributed by atoms with Crippen LogP contribution in [0.25, 0.3) is 11.3 Å². The van der Waals surface area contributed by atoms with E-state index < -0.39 is 11.2 Å². The first-order chi connectivity index (χ1) is 15.6. The number of ether oxygens (including phenoxy) is 2. The van der Waals surface area contributed by atoms with Crippen LogP contribution >= 0.6 is 0 Å². The van der Waals surface area contributed by atoms with Gasteiger partial charge in [0.2, 0.25) is 5.88 Å². The zero-order chi connectivity index (χ0) is 22.4. The molecule has 9 heteroatoms. The predicted molar refractivity (Wildman–Crippen MR) is 123 cm³/mol. The Balaban J connectivity index is 1.50. The van der Waals surface area contributed by atoms with E-state index in [2.05, 4.69) is 25.3 Å². The minimum absolute atomic E-state index is 0.203. The largest absolute Gasteiger partial charge is 0.609 e. The second-order valence-electron chi connectivity index (χ2n) is 7.68. The molecule has 2 aromatic heterocycles. The van der Waals surface area contributed by atoms with Crippen molar-refractivity contribution in [2.45, 2.75) is 30.3 Å². The molecule has 0 saturated carbocycles. The Labute approximate surface area is 191 Å². The van der Waals surface area contributed by atoms with Crippen molar-refractivity contribution < 1.29 is 14.0 Å². The van der Waals surface area contributed by atoms with Gasteiger partial charge in [-0.15, -0.1) is 0 Å². The molecule has 4 rings (SSSR count). The first-order valence-electron chi connectivity index (χ1n) is 10.6. The van der Waals surface area contributed by atoms with Crippen LogP contribution in [0.15, 0.2) is 54.1 Å². The molecule has 1 atom stereocenters. The Bertz CT molecular complexity index is 1030. The van der Waals surface area contributed by atoms with Gasteiger partial charge in [0.05, 0.1) is 30.4 Å². The summed E-state index contributed by atoms with van der Waals surface area (Å²) in [6.07, 6.45) is 8.32. The molecule has 0 bridgehead atoms. The number of nitrogens with zero attached hydrogens (tertiary/aromatic N) is 4. The van der Waals surface area contributed by atoms with E-state index in [1.807, 2.05) is 37.3 Å². The number of rotatable bonds is 8. The zero-order valence-electron chi connectivity index (χ0n) is 18.3. The molecule has 32 heavy (non-hydrogen) atoms. The van der Waals surface area contributed by atoms with E-state index in [0.717, 1.165) is 35.5 Å². The van der Waals surface area contributed by atoms with Crippen LogP contribution in [0.2, 0.25) is 0 Å². The average Bonchev–Trinajstić information content (AvgIpc) is 2.84. The lowest BCUT2D eigenvalue weighted by Crippen LogP contribution is -2.41. The smallest absolute Gasteiger partial charge is 0.342 e. The SMILES string of the molecule is CCOc1cncc(-c2ccc(NCC3(c4ccnc([S+](C)[O-])n4)CCOCC3)cc2)n1. The molecule has 1 N–H and O–H groups in total. The summed E-state index contributed by atoms with van der Waals surface area (Å²) in [6.45, 7) is 4.51. The maximum Gasteiger partial charge on any atom is 0.342 e. The summed E-state index contributed by atoms with van der Waals surface area (Å²) >= 11 is -1.22. The molecule has 1 aliphatic heterocycles. The van der Waals surface area contributed by atoms with Crippen molar-refractivity contribution in [1.29, 1.82) is 0 Å². The molecule has 0 spiro atoms. The van der Waals surface area contributed by atoms with E-state index in [1.165, 1.54) is 0 Å². The monoisotopic (exact) mass is 453 g/mol. The molecule has 1 aromatic carbocycles. The summed E-state index contributed by atoms with van der Waals surface area (Å²) in [4.78, 5) is 17.5. The van der Waals surface area contributed by atoms with Gasteiger partial charge >= 0.3 is 5.16 Å². The molecular formula is C23H27N5O3S. The summed E-state index contributed by atoms with van der Waals surface area (Å²) < 4.78 is 23.0. The van der Waals surface area contributed by atoms with Gasteiger partial charge in [-0.25, -0.2) is 4.98 Å². The second-order valence-corrected chi connectivity index (χ2v) is 8.95. The Morgan fingerprint density at radius 1 is 1.12 bits per heavy atom. The molecule has 1 aliphatic rings. The molecule has 8 nitrogen and oxygen atoms in total. The van der Waals surface area contributed by atoms with Crippen molar-refractivity contribution in [3.63, 3.8) is 0 Å². The maximum absolute atomic E-state index is 11.9. The third-order valence-corrected chi connectivity index (χ3v) is 6.31. The fourth-order valence-corrected chi connectivity index (χ4v) is 4.23. The van der Waals surface area contributed by atoms with Crippen LogP contribution in [0.5, 0.6) is 5.88 Å². The number of hydrogen-bond donors (Lipinski definition) is 1. The molecule has 1 unspecified atom stereocenters. The fourth-order valence-electron chi connectivity index (χ4n) is 3.79. The highest BCUT2D eigenvalue weighted by Crippen LogP contribution is 2.34. The van der Waals surface area contributed by atoms with Crippen LogP contribution in [0, 0.1) is 0 Å². The Morgan fingerprint density at radius 3 is 2.62 bits per heavy atom. The van der Waals surface area contributed by atoms with Gasteiger partial charge in [-0.1, -0.05) is 12.1 Å². The summed E-state index contributed by atoms with van der Waals surface area (Å²) in [7, 11) is 0. The van der Waals surface area contributed by atoms with E-state index in [4.69, 9.17) is 9.47 Å². The van der Waals surface area contributed by atoms with Crippen LogP contribution < -0.4 is 10.1 Å². The van der Waals surface area contributed by atoms with Crippen LogP contribution in [-0.2, 0) is 21.3 Å². The summed E-state index contributed by atoms with van der Waals surface area (Å²) in [6, 6.07) is 10.0. The molecule has 168 valence electrons. The Morgan fingerprint density at radius 2 is 1.91 bits per heavy atom. The van der Waals surface area contributed by atoms with Gasteiger partial charge in [-0.3, -0.25) is 4.98 Å². The number of benzene rings is 1. The minimum Gasteiger partial charge on any atom is -0.609 e. The lowest BCUT2D eigenvalue weighted by atomic mass is 9.77. The van der Waals surface area contributed by atoms with Crippen LogP contribution in [0.1, 0.15) is 25.5 Å². The highest BCUT2D eigenvalue weighted by Gasteiger charge is 2.36. The third-order valence-electron chi connectivity index (χ3n) is 5.60. The van der Waals surface area contributed by atoms with Crippen molar-refractivity contribution in [2.24, 2.45) is 0 Å². The van der Waals surface area contributed by atoms with E-state index in [-0.39, 0.29) is 5.41 Å². The first-order valence-corrected chi connectivity index (χ1v) is 12.2. The summed E-state index contributed by atoms with van der Waals surface area (Å²) in [5, 5.41) is 3.93. The van der Waals surface area contributed by atoms with Crippen molar-refractivity contribution in [3.05, 3.63) is 54.6 Å². The number of nitrogens with one attached hydrogen (secondary N) is 1. The molecule has 0 aliphatic carbocycles. The van der Waals surface area contributed by atoms with Crippen molar-refractivity contribution in [3.8, 4) is 17.1 Å².